The van der Waals surface area contributed by atoms with Gasteiger partial charge in [-0.1, -0.05) is 41.6 Å². The number of allylic oxidation sites excluding steroid dienone is 5. The first-order valence-electron chi connectivity index (χ1n) is 10.9. The van der Waals surface area contributed by atoms with Gasteiger partial charge in [-0.3, -0.25) is 5.43 Å². The van der Waals surface area contributed by atoms with Gasteiger partial charge in [-0.15, -0.1) is 5.10 Å². The molecule has 2 aromatic heterocycles. The van der Waals surface area contributed by atoms with E-state index in [4.69, 9.17) is 5.73 Å². The van der Waals surface area contributed by atoms with Crippen LogP contribution in [0.1, 0.15) is 19.3 Å². The predicted molar refractivity (Wildman–Crippen MR) is 130 cm³/mol. The van der Waals surface area contributed by atoms with Gasteiger partial charge in [0.25, 0.3) is 0 Å². The third kappa shape index (κ3) is 5.67. The van der Waals surface area contributed by atoms with E-state index in [0.717, 1.165) is 54.9 Å². The lowest BCUT2D eigenvalue weighted by Gasteiger charge is -2.22. The van der Waals surface area contributed by atoms with E-state index < -0.39 is 0 Å². The number of hydrogen-bond acceptors (Lipinski definition) is 7. The Morgan fingerprint density at radius 1 is 1.16 bits per heavy atom. The summed E-state index contributed by atoms with van der Waals surface area (Å²) in [6.07, 6.45) is 14.7. The number of aromatic nitrogens is 4. The van der Waals surface area contributed by atoms with E-state index >= 15 is 0 Å². The monoisotopic (exact) mass is 428 g/mol. The number of rotatable bonds is 8. The van der Waals surface area contributed by atoms with Crippen molar-refractivity contribution in [1.82, 2.24) is 25.3 Å². The number of hydrogen-bond donors (Lipinski definition) is 3. The fraction of sp³-hybridized carbons (Fsp3) is 0.250. The number of para-hydroxylation sites is 1. The Morgan fingerprint density at radius 2 is 2.00 bits per heavy atom. The largest absolute Gasteiger partial charge is 0.384 e. The predicted octanol–water partition coefficient (Wildman–Crippen LogP) is 3.55. The molecule has 0 bridgehead atoms. The van der Waals surface area contributed by atoms with E-state index in [1.54, 1.807) is 10.9 Å². The summed E-state index contributed by atoms with van der Waals surface area (Å²) in [6, 6.07) is 13.5. The van der Waals surface area contributed by atoms with Gasteiger partial charge >= 0.3 is 0 Å². The maximum absolute atomic E-state index is 6.17. The summed E-state index contributed by atoms with van der Waals surface area (Å²) in [5, 5.41) is 16.3. The van der Waals surface area contributed by atoms with E-state index in [0.29, 0.717) is 11.7 Å². The summed E-state index contributed by atoms with van der Waals surface area (Å²) < 4.78 is 1.64. The molecule has 3 aromatic rings. The summed E-state index contributed by atoms with van der Waals surface area (Å²) in [5.74, 6) is 1.70. The molecule has 3 heterocycles. The first kappa shape index (κ1) is 21.5. The summed E-state index contributed by atoms with van der Waals surface area (Å²) in [5.41, 5.74) is 12.0. The molecule has 8 heteroatoms. The van der Waals surface area contributed by atoms with Crippen molar-refractivity contribution in [3.05, 3.63) is 79.0 Å². The van der Waals surface area contributed by atoms with Crippen LogP contribution >= 0.6 is 0 Å². The van der Waals surface area contributed by atoms with Crippen LogP contribution in [0.3, 0.4) is 0 Å². The maximum atomic E-state index is 6.17. The molecule has 0 spiro atoms. The van der Waals surface area contributed by atoms with Crippen LogP contribution in [0.15, 0.2) is 84.1 Å². The van der Waals surface area contributed by atoms with Crippen LogP contribution in [0.2, 0.25) is 0 Å². The average molecular weight is 429 g/mol. The summed E-state index contributed by atoms with van der Waals surface area (Å²) >= 11 is 0. The van der Waals surface area contributed by atoms with Crippen molar-refractivity contribution in [3.63, 3.8) is 0 Å². The third-order valence-electron chi connectivity index (χ3n) is 5.28. The quantitative estimate of drug-likeness (QED) is 0.288. The molecule has 1 aromatic carbocycles. The van der Waals surface area contributed by atoms with Gasteiger partial charge in [-0.2, -0.15) is 9.78 Å². The Morgan fingerprint density at radius 3 is 2.84 bits per heavy atom. The van der Waals surface area contributed by atoms with Gasteiger partial charge in [0.05, 0.1) is 11.2 Å². The van der Waals surface area contributed by atoms with Crippen LogP contribution < -0.4 is 16.5 Å². The molecule has 0 amide bonds. The van der Waals surface area contributed by atoms with Crippen molar-refractivity contribution < 1.29 is 0 Å². The van der Waals surface area contributed by atoms with E-state index in [9.17, 15) is 0 Å². The van der Waals surface area contributed by atoms with Crippen LogP contribution in [-0.2, 0) is 0 Å². The Labute approximate surface area is 187 Å². The molecule has 0 aliphatic carbocycles. The molecule has 0 saturated carbocycles. The van der Waals surface area contributed by atoms with E-state index in [1.807, 2.05) is 54.6 Å². The van der Waals surface area contributed by atoms with Gasteiger partial charge in [0.2, 0.25) is 0 Å². The number of anilines is 1. The molecule has 1 fully saturated rings. The number of nitrogens with one attached hydrogen (secondary N) is 2. The zero-order chi connectivity index (χ0) is 22.0. The number of nitrogens with two attached hydrogens (primary N) is 1. The highest BCUT2D eigenvalue weighted by atomic mass is 15.4. The third-order valence-corrected chi connectivity index (χ3v) is 5.28. The molecule has 1 aliphatic rings. The molecule has 0 unspecified atom stereocenters. The van der Waals surface area contributed by atoms with Gasteiger partial charge < -0.3 is 11.1 Å². The topological polar surface area (TPSA) is 106 Å². The molecule has 1 saturated heterocycles. The van der Waals surface area contributed by atoms with Gasteiger partial charge in [-0.05, 0) is 68.8 Å². The summed E-state index contributed by atoms with van der Waals surface area (Å²) in [6.45, 7) is 2.03. The lowest BCUT2D eigenvalue weighted by atomic mass is 9.92. The van der Waals surface area contributed by atoms with Crippen molar-refractivity contribution in [2.24, 2.45) is 16.8 Å². The average Bonchev–Trinajstić information content (AvgIpc) is 3.28. The Kier molecular flexibility index (Phi) is 7.38. The first-order chi connectivity index (χ1) is 15.8. The van der Waals surface area contributed by atoms with E-state index in [2.05, 4.69) is 49.4 Å². The molecular formula is C24H28N8. The second-order valence-electron chi connectivity index (χ2n) is 7.54. The van der Waals surface area contributed by atoms with Crippen LogP contribution in [0, 0.1) is 5.92 Å². The zero-order valence-electron chi connectivity index (χ0n) is 17.9. The Balaban J connectivity index is 1.38. The van der Waals surface area contributed by atoms with Crippen molar-refractivity contribution >= 4 is 28.4 Å². The Hall–Kier alpha value is -3.78. The number of pyridine rings is 1. The molecule has 32 heavy (non-hydrogen) atoms. The standard InChI is InChI=1S/C24H28N8/c25-23(32-22-11-6-5-10-21(22)29-31-32)12-4-2-1-3-9-20(19-14-17-26-18-15-19)28-30-24-13-7-8-16-27-24/h2-13,16,19,26H,1,14-15,17-18,25H2,(H,27,30)/b4-2-,9-3+,23-12+,28-20+. The maximum Gasteiger partial charge on any atom is 0.146 e. The second-order valence-corrected chi connectivity index (χ2v) is 7.54. The fourth-order valence-corrected chi connectivity index (χ4v) is 3.58. The highest BCUT2D eigenvalue weighted by Crippen LogP contribution is 2.16. The normalized spacial score (nSPS) is 16.4. The highest BCUT2D eigenvalue weighted by Gasteiger charge is 2.17. The minimum atomic E-state index is 0.434. The SMILES string of the molecule is N/C(=C\C=C/C/C=C/C(=N\Nc1ccccn1)C1CCNCC1)n1nnc2ccccc21. The van der Waals surface area contributed by atoms with E-state index in [-0.39, 0.29) is 0 Å². The van der Waals surface area contributed by atoms with Crippen LogP contribution in [0.4, 0.5) is 5.82 Å². The van der Waals surface area contributed by atoms with Crippen molar-refractivity contribution in [2.75, 3.05) is 18.5 Å². The zero-order valence-corrected chi connectivity index (χ0v) is 17.9. The van der Waals surface area contributed by atoms with Crippen LogP contribution in [0.5, 0.6) is 0 Å². The van der Waals surface area contributed by atoms with Gasteiger partial charge in [0.1, 0.15) is 17.2 Å². The van der Waals surface area contributed by atoms with Crippen LogP contribution in [-0.4, -0.2) is 38.8 Å². The molecule has 4 rings (SSSR count). The number of fused-ring (bicyclic) bond motifs is 1. The van der Waals surface area contributed by atoms with Gasteiger partial charge in [0.15, 0.2) is 0 Å². The molecule has 0 atom stereocenters. The first-order valence-corrected chi connectivity index (χ1v) is 10.9. The highest BCUT2D eigenvalue weighted by molar-refractivity contribution is 5.97. The van der Waals surface area contributed by atoms with Crippen LogP contribution in [0.25, 0.3) is 16.9 Å². The second kappa shape index (κ2) is 11.0. The molecule has 164 valence electrons. The fourth-order valence-electron chi connectivity index (χ4n) is 3.58. The molecule has 1 aliphatic heterocycles. The lowest BCUT2D eigenvalue weighted by molar-refractivity contribution is 0.457. The minimum Gasteiger partial charge on any atom is -0.384 e. The number of piperidine rings is 1. The lowest BCUT2D eigenvalue weighted by Crippen LogP contribution is -2.31. The molecule has 8 nitrogen and oxygen atoms in total. The van der Waals surface area contributed by atoms with Crippen molar-refractivity contribution in [3.8, 4) is 0 Å². The number of hydrazone groups is 1. The smallest absolute Gasteiger partial charge is 0.146 e. The number of benzene rings is 1. The van der Waals surface area contributed by atoms with Crippen molar-refractivity contribution in [1.29, 1.82) is 0 Å². The summed E-state index contributed by atoms with van der Waals surface area (Å²) in [4.78, 5) is 4.28. The number of nitrogens with zero attached hydrogens (tertiary/aromatic N) is 5. The Bertz CT molecular complexity index is 1120. The minimum absolute atomic E-state index is 0.434. The summed E-state index contributed by atoms with van der Waals surface area (Å²) in [7, 11) is 0. The van der Waals surface area contributed by atoms with Gasteiger partial charge in [-0.25, -0.2) is 4.98 Å². The van der Waals surface area contributed by atoms with Crippen molar-refractivity contribution in [2.45, 2.75) is 19.3 Å². The molecular weight excluding hydrogens is 400 g/mol. The van der Waals surface area contributed by atoms with Gasteiger partial charge in [0, 0.05) is 12.1 Å². The van der Waals surface area contributed by atoms with E-state index in [1.165, 1.54) is 0 Å². The molecule has 0 radical (unpaired) electrons. The molecule has 4 N–H and O–H groups in total.